The number of carbonyl (C=O) groups excluding carboxylic acids is 2. The van der Waals surface area contributed by atoms with Crippen molar-refractivity contribution in [3.63, 3.8) is 0 Å². The molecule has 0 aromatic carbocycles. The van der Waals surface area contributed by atoms with Gasteiger partial charge in [-0.3, -0.25) is 14.3 Å². The summed E-state index contributed by atoms with van der Waals surface area (Å²) in [5.74, 6) is 0.00257. The quantitative estimate of drug-likeness (QED) is 0.0515. The Kier molecular flexibility index (Phi) is 41.8. The van der Waals surface area contributed by atoms with Crippen molar-refractivity contribution < 1.29 is 24.2 Å². The van der Waals surface area contributed by atoms with Gasteiger partial charge in [0, 0.05) is 38.7 Å². The van der Waals surface area contributed by atoms with Crippen LogP contribution in [0.15, 0.2) is 12.4 Å². The molecule has 358 valence electrons. The molecule has 0 spiro atoms. The Balaban J connectivity index is 2.35. The monoisotopic (exact) mass is 860 g/mol. The van der Waals surface area contributed by atoms with E-state index >= 15 is 0 Å². The molecule has 1 heterocycles. The maximum atomic E-state index is 12.9. The van der Waals surface area contributed by atoms with Crippen LogP contribution in [-0.4, -0.2) is 70.7 Å². The highest BCUT2D eigenvalue weighted by molar-refractivity contribution is 5.69. The molecule has 0 unspecified atom stereocenters. The second-order valence-electron chi connectivity index (χ2n) is 18.4. The zero-order valence-corrected chi connectivity index (χ0v) is 40.8. The van der Waals surface area contributed by atoms with E-state index in [1.807, 2.05) is 10.9 Å². The number of nitrogens with zero attached hydrogens (tertiary/aromatic N) is 3. The fourth-order valence-corrected chi connectivity index (χ4v) is 8.42. The fraction of sp³-hybridized carbons (Fsp3) is 0.906. The molecule has 0 aliphatic heterocycles. The normalized spacial score (nSPS) is 11.6. The van der Waals surface area contributed by atoms with Crippen molar-refractivity contribution in [2.24, 2.45) is 0 Å². The van der Waals surface area contributed by atoms with Crippen LogP contribution in [0, 0.1) is 0 Å². The molecule has 1 aromatic rings. The molecule has 0 aliphatic carbocycles. The zero-order valence-electron chi connectivity index (χ0n) is 40.8. The summed E-state index contributed by atoms with van der Waals surface area (Å²) in [6.07, 6.45) is 48.3. The predicted molar refractivity (Wildman–Crippen MR) is 258 cm³/mol. The summed E-state index contributed by atoms with van der Waals surface area (Å²) >= 11 is 0. The summed E-state index contributed by atoms with van der Waals surface area (Å²) in [4.78, 5) is 27.7. The van der Waals surface area contributed by atoms with Gasteiger partial charge >= 0.3 is 11.9 Å². The lowest BCUT2D eigenvalue weighted by atomic mass is 10.0. The first-order valence-electron chi connectivity index (χ1n) is 26.7. The summed E-state index contributed by atoms with van der Waals surface area (Å²) in [5, 5.41) is 13.7. The SMILES string of the molecule is CCCCCCCCCCCOC(=O)CCCCCCCN(CCCCCCCC(=O)OC(CCCCCCCC)CCCCCCCC)CCc1cnn(CCCCO)c1. The largest absolute Gasteiger partial charge is 0.466 e. The van der Waals surface area contributed by atoms with Gasteiger partial charge in [0.1, 0.15) is 6.10 Å². The van der Waals surface area contributed by atoms with Gasteiger partial charge in [0.25, 0.3) is 0 Å². The highest BCUT2D eigenvalue weighted by Gasteiger charge is 2.15. The highest BCUT2D eigenvalue weighted by atomic mass is 16.5. The number of rotatable bonds is 48. The van der Waals surface area contributed by atoms with E-state index in [1.165, 1.54) is 173 Å². The third-order valence-corrected chi connectivity index (χ3v) is 12.5. The Morgan fingerprint density at radius 3 is 1.54 bits per heavy atom. The van der Waals surface area contributed by atoms with Crippen LogP contribution in [-0.2, 0) is 32.0 Å². The third-order valence-electron chi connectivity index (χ3n) is 12.5. The molecule has 0 amide bonds. The number of esters is 2. The molecule has 1 rings (SSSR count). The van der Waals surface area contributed by atoms with E-state index in [4.69, 9.17) is 14.6 Å². The lowest BCUT2D eigenvalue weighted by Crippen LogP contribution is -2.28. The van der Waals surface area contributed by atoms with Gasteiger partial charge in [-0.25, -0.2) is 0 Å². The standard InChI is InChI=1S/C53H101N3O5/c1-4-7-10-13-16-17-18-27-36-47-60-52(58)39-30-23-19-25-32-42-55(45-41-50-48-54-56(49-50)44-34-35-46-57)43-33-26-20-24-31-40-53(59)61-51(37-28-21-14-11-8-5-2)38-29-22-15-12-9-6-3/h48-49,51,57H,4-47H2,1-3H3. The van der Waals surface area contributed by atoms with Crippen LogP contribution in [0.1, 0.15) is 264 Å². The van der Waals surface area contributed by atoms with Crippen molar-refractivity contribution >= 4 is 11.9 Å². The first-order chi connectivity index (χ1) is 30.0. The topological polar surface area (TPSA) is 93.9 Å². The lowest BCUT2D eigenvalue weighted by Gasteiger charge is -2.22. The van der Waals surface area contributed by atoms with Gasteiger partial charge < -0.3 is 19.5 Å². The van der Waals surface area contributed by atoms with E-state index in [1.54, 1.807) is 0 Å². The Morgan fingerprint density at radius 2 is 1.02 bits per heavy atom. The molecule has 1 N–H and O–H groups in total. The summed E-state index contributed by atoms with van der Waals surface area (Å²) < 4.78 is 13.6. The average Bonchev–Trinajstić information content (AvgIpc) is 3.72. The number of ether oxygens (including phenoxy) is 2. The lowest BCUT2D eigenvalue weighted by molar-refractivity contribution is -0.150. The van der Waals surface area contributed by atoms with Crippen molar-refractivity contribution in [3.05, 3.63) is 18.0 Å². The van der Waals surface area contributed by atoms with Gasteiger partial charge in [-0.15, -0.1) is 0 Å². The van der Waals surface area contributed by atoms with Gasteiger partial charge in [0.05, 0.1) is 12.8 Å². The Labute approximate surface area is 377 Å². The predicted octanol–water partition coefficient (Wildman–Crippen LogP) is 14.7. The summed E-state index contributed by atoms with van der Waals surface area (Å²) in [6.45, 7) is 11.7. The van der Waals surface area contributed by atoms with Gasteiger partial charge in [0.2, 0.25) is 0 Å². The molecule has 0 bridgehead atoms. The molecule has 1 aromatic heterocycles. The number of hydrogen-bond donors (Lipinski definition) is 1. The zero-order chi connectivity index (χ0) is 44.1. The molecule has 0 radical (unpaired) electrons. The molecule has 0 fully saturated rings. The number of hydrogen-bond acceptors (Lipinski definition) is 7. The van der Waals surface area contributed by atoms with E-state index in [2.05, 4.69) is 37.0 Å². The van der Waals surface area contributed by atoms with Crippen molar-refractivity contribution in [2.45, 2.75) is 277 Å². The van der Waals surface area contributed by atoms with Crippen LogP contribution in [0.25, 0.3) is 0 Å². The maximum absolute atomic E-state index is 12.9. The Hall–Kier alpha value is -1.93. The minimum atomic E-state index is -0.0198. The molecule has 0 saturated carbocycles. The molecule has 8 heteroatoms. The van der Waals surface area contributed by atoms with Crippen LogP contribution in [0.2, 0.25) is 0 Å². The molecule has 0 aliphatic rings. The van der Waals surface area contributed by atoms with Gasteiger partial charge in [0.15, 0.2) is 0 Å². The Bertz CT molecular complexity index is 1060. The number of aryl methyl sites for hydroxylation is 1. The van der Waals surface area contributed by atoms with Crippen LogP contribution in [0.3, 0.4) is 0 Å². The number of unbranched alkanes of at least 4 members (excludes halogenated alkanes) is 27. The number of carbonyl (C=O) groups is 2. The van der Waals surface area contributed by atoms with Gasteiger partial charge in [-0.1, -0.05) is 175 Å². The first-order valence-corrected chi connectivity index (χ1v) is 26.7. The van der Waals surface area contributed by atoms with Crippen LogP contribution in [0.5, 0.6) is 0 Å². The van der Waals surface area contributed by atoms with Crippen LogP contribution < -0.4 is 0 Å². The average molecular weight is 860 g/mol. The second kappa shape index (κ2) is 44.7. The van der Waals surface area contributed by atoms with Gasteiger partial charge in [-0.05, 0) is 95.7 Å². The molecular weight excluding hydrogens is 759 g/mol. The number of aliphatic hydroxyl groups is 1. The fourth-order valence-electron chi connectivity index (χ4n) is 8.42. The number of aromatic nitrogens is 2. The Morgan fingerprint density at radius 1 is 0.557 bits per heavy atom. The summed E-state index contributed by atoms with van der Waals surface area (Å²) in [6, 6.07) is 0. The molecule has 61 heavy (non-hydrogen) atoms. The molecule has 0 saturated heterocycles. The van der Waals surface area contributed by atoms with E-state index in [9.17, 15) is 9.59 Å². The van der Waals surface area contributed by atoms with Crippen LogP contribution >= 0.6 is 0 Å². The summed E-state index contributed by atoms with van der Waals surface area (Å²) in [7, 11) is 0. The van der Waals surface area contributed by atoms with Crippen molar-refractivity contribution in [2.75, 3.05) is 32.8 Å². The van der Waals surface area contributed by atoms with E-state index < -0.39 is 0 Å². The van der Waals surface area contributed by atoms with Gasteiger partial charge in [-0.2, -0.15) is 5.10 Å². The second-order valence-corrected chi connectivity index (χ2v) is 18.4. The molecule has 8 nitrogen and oxygen atoms in total. The minimum absolute atomic E-state index is 0.0198. The third kappa shape index (κ3) is 38.3. The van der Waals surface area contributed by atoms with E-state index in [0.29, 0.717) is 19.4 Å². The minimum Gasteiger partial charge on any atom is -0.466 e. The maximum Gasteiger partial charge on any atom is 0.306 e. The molecular formula is C53H101N3O5. The first kappa shape index (κ1) is 57.1. The molecule has 0 atom stereocenters. The summed E-state index contributed by atoms with van der Waals surface area (Å²) in [5.41, 5.74) is 1.28. The van der Waals surface area contributed by atoms with Crippen molar-refractivity contribution in [3.8, 4) is 0 Å². The van der Waals surface area contributed by atoms with Crippen LogP contribution in [0.4, 0.5) is 0 Å². The number of aliphatic hydroxyl groups excluding tert-OH is 1. The van der Waals surface area contributed by atoms with E-state index in [0.717, 1.165) is 90.4 Å². The van der Waals surface area contributed by atoms with Crippen molar-refractivity contribution in [1.29, 1.82) is 0 Å². The van der Waals surface area contributed by atoms with E-state index in [-0.39, 0.29) is 24.6 Å². The smallest absolute Gasteiger partial charge is 0.306 e. The highest BCUT2D eigenvalue weighted by Crippen LogP contribution is 2.19. The van der Waals surface area contributed by atoms with Crippen molar-refractivity contribution in [1.82, 2.24) is 14.7 Å².